The molecule has 1 aliphatic heterocycles. The third-order valence-electron chi connectivity index (χ3n) is 3.08. The van der Waals surface area contributed by atoms with Crippen molar-refractivity contribution in [3.05, 3.63) is 35.6 Å². The molecule has 20 heavy (non-hydrogen) atoms. The number of nitriles is 1. The van der Waals surface area contributed by atoms with Gasteiger partial charge < -0.3 is 16.0 Å². The van der Waals surface area contributed by atoms with Crippen molar-refractivity contribution in [2.75, 3.05) is 19.6 Å². The van der Waals surface area contributed by atoms with Crippen LogP contribution in [0.4, 0.5) is 4.39 Å². The number of piperazine rings is 1. The van der Waals surface area contributed by atoms with Gasteiger partial charge in [0.05, 0.1) is 0 Å². The Hall–Kier alpha value is -2.46. The van der Waals surface area contributed by atoms with Crippen LogP contribution in [-0.2, 0) is 4.79 Å². The number of halogens is 1. The number of benzene rings is 1. The van der Waals surface area contributed by atoms with Gasteiger partial charge in [-0.05, 0) is 24.3 Å². The molecule has 1 heterocycles. The Bertz CT molecular complexity index is 563. The summed E-state index contributed by atoms with van der Waals surface area (Å²) in [6.45, 7) is 1.47. The first-order valence-electron chi connectivity index (χ1n) is 6.12. The van der Waals surface area contributed by atoms with Crippen molar-refractivity contribution in [1.82, 2.24) is 10.2 Å². The summed E-state index contributed by atoms with van der Waals surface area (Å²) in [5.74, 6) is -0.397. The highest BCUT2D eigenvalue weighted by Gasteiger charge is 2.26. The van der Waals surface area contributed by atoms with Gasteiger partial charge in [0.15, 0.2) is 0 Å². The summed E-state index contributed by atoms with van der Waals surface area (Å²) in [4.78, 5) is 16.8. The van der Waals surface area contributed by atoms with Gasteiger partial charge in [-0.1, -0.05) is 0 Å². The van der Waals surface area contributed by atoms with Crippen LogP contribution in [0.2, 0.25) is 0 Å². The molecule has 1 fully saturated rings. The van der Waals surface area contributed by atoms with Crippen molar-refractivity contribution < 1.29 is 9.18 Å². The van der Waals surface area contributed by atoms with E-state index in [4.69, 9.17) is 11.0 Å². The Morgan fingerprint density at radius 1 is 1.50 bits per heavy atom. The molecule has 104 valence electrons. The largest absolute Gasteiger partial charge is 0.368 e. The van der Waals surface area contributed by atoms with Crippen LogP contribution in [0.15, 0.2) is 29.3 Å². The number of nitrogens with one attached hydrogen (secondary N) is 1. The zero-order valence-corrected chi connectivity index (χ0v) is 10.7. The van der Waals surface area contributed by atoms with E-state index >= 15 is 0 Å². The molecule has 1 aliphatic rings. The van der Waals surface area contributed by atoms with Crippen molar-refractivity contribution in [1.29, 1.82) is 5.26 Å². The van der Waals surface area contributed by atoms with Crippen molar-refractivity contribution in [3.63, 3.8) is 0 Å². The molecule has 7 heteroatoms. The van der Waals surface area contributed by atoms with Crippen LogP contribution in [0.25, 0.3) is 0 Å². The number of nitrogens with zero attached hydrogens (tertiary/aromatic N) is 3. The molecule has 1 aromatic carbocycles. The van der Waals surface area contributed by atoms with Crippen LogP contribution < -0.4 is 11.1 Å². The third-order valence-corrected chi connectivity index (χ3v) is 3.08. The summed E-state index contributed by atoms with van der Waals surface area (Å²) >= 11 is 0. The number of nitrogens with two attached hydrogens (primary N) is 1. The highest BCUT2D eigenvalue weighted by molar-refractivity contribution is 5.99. The summed E-state index contributed by atoms with van der Waals surface area (Å²) < 4.78 is 13.0. The van der Waals surface area contributed by atoms with Gasteiger partial charge >= 0.3 is 0 Å². The first kappa shape index (κ1) is 14.0. The predicted molar refractivity (Wildman–Crippen MR) is 71.1 cm³/mol. The Balaban J connectivity index is 2.25. The number of carbonyl (C=O) groups excluding carboxylic acids is 1. The third kappa shape index (κ3) is 3.10. The van der Waals surface area contributed by atoms with Gasteiger partial charge in [-0.3, -0.25) is 4.79 Å². The van der Waals surface area contributed by atoms with E-state index in [9.17, 15) is 9.18 Å². The van der Waals surface area contributed by atoms with Crippen LogP contribution in [0.5, 0.6) is 0 Å². The number of hydrogen-bond acceptors (Lipinski definition) is 4. The number of amidine groups is 1. The maximum Gasteiger partial charge on any atom is 0.236 e. The standard InChI is InChI=1S/C13H14FN5O/c14-10-3-1-9(2-4-10)13(18-8-15)19-6-5-17-11(7-19)12(16)20/h1-4,11,17H,5-7H2,(H2,16,20). The number of aliphatic imine (C=N–C) groups is 1. The molecule has 0 radical (unpaired) electrons. The van der Waals surface area contributed by atoms with Crippen LogP contribution in [0.1, 0.15) is 5.56 Å². The van der Waals surface area contributed by atoms with Crippen molar-refractivity contribution in [3.8, 4) is 6.19 Å². The zero-order valence-electron chi connectivity index (χ0n) is 10.7. The smallest absolute Gasteiger partial charge is 0.236 e. The molecule has 1 amide bonds. The van der Waals surface area contributed by atoms with Gasteiger partial charge in [0.1, 0.15) is 17.7 Å². The highest BCUT2D eigenvalue weighted by atomic mass is 19.1. The zero-order chi connectivity index (χ0) is 14.5. The van der Waals surface area contributed by atoms with Gasteiger partial charge in [0.25, 0.3) is 0 Å². The topological polar surface area (TPSA) is 94.5 Å². The van der Waals surface area contributed by atoms with E-state index in [2.05, 4.69) is 10.3 Å². The maximum absolute atomic E-state index is 13.0. The summed E-state index contributed by atoms with van der Waals surface area (Å²) in [6.07, 6.45) is 1.74. The molecule has 0 aromatic heterocycles. The Morgan fingerprint density at radius 2 is 2.20 bits per heavy atom. The van der Waals surface area contributed by atoms with Gasteiger partial charge in [-0.15, -0.1) is 0 Å². The normalized spacial score (nSPS) is 19.5. The molecule has 1 saturated heterocycles. The average Bonchev–Trinajstić information content (AvgIpc) is 2.46. The molecule has 6 nitrogen and oxygen atoms in total. The first-order chi connectivity index (χ1) is 9.61. The minimum atomic E-state index is -0.493. The second-order valence-electron chi connectivity index (χ2n) is 4.40. The van der Waals surface area contributed by atoms with E-state index in [1.54, 1.807) is 23.2 Å². The molecule has 2 rings (SSSR count). The van der Waals surface area contributed by atoms with Crippen molar-refractivity contribution in [2.24, 2.45) is 10.7 Å². The molecule has 1 aromatic rings. The summed E-state index contributed by atoms with van der Waals surface area (Å²) in [7, 11) is 0. The summed E-state index contributed by atoms with van der Waals surface area (Å²) in [5, 5.41) is 11.8. The lowest BCUT2D eigenvalue weighted by Gasteiger charge is -2.34. The van der Waals surface area contributed by atoms with E-state index in [0.29, 0.717) is 31.0 Å². The molecule has 0 aliphatic carbocycles. The molecule has 0 saturated carbocycles. The molecular weight excluding hydrogens is 261 g/mol. The fourth-order valence-corrected chi connectivity index (χ4v) is 2.10. The molecular formula is C13H14FN5O. The monoisotopic (exact) mass is 275 g/mol. The van der Waals surface area contributed by atoms with Crippen LogP contribution in [0.3, 0.4) is 0 Å². The summed E-state index contributed by atoms with van der Waals surface area (Å²) in [5.41, 5.74) is 5.90. The van der Waals surface area contributed by atoms with E-state index in [1.807, 2.05) is 0 Å². The number of rotatable bonds is 2. The minimum Gasteiger partial charge on any atom is -0.368 e. The number of primary amides is 1. The molecule has 0 bridgehead atoms. The van der Waals surface area contributed by atoms with Crippen molar-refractivity contribution in [2.45, 2.75) is 6.04 Å². The minimum absolute atomic E-state index is 0.327. The van der Waals surface area contributed by atoms with Gasteiger partial charge in [-0.25, -0.2) is 4.39 Å². The SMILES string of the molecule is N#CN=C(c1ccc(F)cc1)N1CCNC(C(N)=O)C1. The lowest BCUT2D eigenvalue weighted by molar-refractivity contribution is -0.120. The summed E-state index contributed by atoms with van der Waals surface area (Å²) in [6, 6.07) is 5.21. The maximum atomic E-state index is 13.0. The fourth-order valence-electron chi connectivity index (χ4n) is 2.10. The van der Waals surface area contributed by atoms with Crippen LogP contribution in [0, 0.1) is 17.3 Å². The molecule has 1 unspecified atom stereocenters. The van der Waals surface area contributed by atoms with Gasteiger partial charge in [0, 0.05) is 25.2 Å². The number of amides is 1. The van der Waals surface area contributed by atoms with E-state index in [-0.39, 0.29) is 5.82 Å². The van der Waals surface area contributed by atoms with Gasteiger partial charge in [-0.2, -0.15) is 10.3 Å². The lowest BCUT2D eigenvalue weighted by atomic mass is 10.1. The highest BCUT2D eigenvalue weighted by Crippen LogP contribution is 2.10. The lowest BCUT2D eigenvalue weighted by Crippen LogP contribution is -2.57. The van der Waals surface area contributed by atoms with Crippen molar-refractivity contribution >= 4 is 11.7 Å². The second-order valence-corrected chi connectivity index (χ2v) is 4.40. The Labute approximate surface area is 115 Å². The number of hydrogen-bond donors (Lipinski definition) is 2. The van der Waals surface area contributed by atoms with E-state index in [0.717, 1.165) is 0 Å². The second kappa shape index (κ2) is 6.12. The van der Waals surface area contributed by atoms with Crippen LogP contribution in [-0.4, -0.2) is 42.3 Å². The molecule has 0 spiro atoms. The quantitative estimate of drug-likeness (QED) is 0.444. The average molecular weight is 275 g/mol. The predicted octanol–water partition coefficient (Wildman–Crippen LogP) is -0.188. The van der Waals surface area contributed by atoms with Crippen LogP contribution >= 0.6 is 0 Å². The fraction of sp³-hybridized carbons (Fsp3) is 0.308. The Kier molecular flexibility index (Phi) is 4.27. The van der Waals surface area contributed by atoms with Gasteiger partial charge in [0.2, 0.25) is 12.1 Å². The van der Waals surface area contributed by atoms with E-state index in [1.165, 1.54) is 12.1 Å². The molecule has 1 atom stereocenters. The number of carbonyl (C=O) groups is 1. The Morgan fingerprint density at radius 3 is 2.80 bits per heavy atom. The molecule has 3 N–H and O–H groups in total. The first-order valence-corrected chi connectivity index (χ1v) is 6.12. The van der Waals surface area contributed by atoms with E-state index < -0.39 is 11.9 Å².